The molecule has 0 atom stereocenters. The fourth-order valence-corrected chi connectivity index (χ4v) is 11.3. The van der Waals surface area contributed by atoms with Crippen LogP contribution in [0.2, 0.25) is 8.87 Å². The predicted molar refractivity (Wildman–Crippen MR) is 66.0 cm³/mol. The molecule has 13 heavy (non-hydrogen) atoms. The first-order chi connectivity index (χ1) is 6.24. The van der Waals surface area contributed by atoms with Crippen LogP contribution in [0.1, 0.15) is 26.7 Å². The van der Waals surface area contributed by atoms with Crippen molar-refractivity contribution in [3.05, 3.63) is 0 Å². The van der Waals surface area contributed by atoms with Crippen LogP contribution < -0.4 is 0 Å². The fourth-order valence-electron chi connectivity index (χ4n) is 1.34. The molecule has 0 bridgehead atoms. The van der Waals surface area contributed by atoms with E-state index in [1.54, 1.807) is 0 Å². The minimum atomic E-state index is -2.74. The van der Waals surface area contributed by atoms with Crippen molar-refractivity contribution in [2.24, 2.45) is 6.43 Å². The average Bonchev–Trinajstić information content (AvgIpc) is 2.06. The van der Waals surface area contributed by atoms with Crippen molar-refractivity contribution in [2.45, 2.75) is 35.6 Å². The number of nitrogens with zero attached hydrogens (tertiary/aromatic N) is 2. The quantitative estimate of drug-likeness (QED) is 0.425. The molecule has 0 aliphatic heterocycles. The van der Waals surface area contributed by atoms with Crippen LogP contribution in [0, 0.1) is 0 Å². The van der Waals surface area contributed by atoms with Gasteiger partial charge in [-0.3, -0.25) is 0 Å². The second kappa shape index (κ2) is 7.77. The van der Waals surface area contributed by atoms with E-state index in [4.69, 9.17) is 0 Å². The summed E-state index contributed by atoms with van der Waals surface area (Å²) >= 11 is 6.57. The summed E-state index contributed by atoms with van der Waals surface area (Å²) in [6, 6.07) is 0. The zero-order valence-corrected chi connectivity index (χ0v) is 12.5. The van der Waals surface area contributed by atoms with Crippen molar-refractivity contribution in [1.82, 2.24) is 0 Å². The molecular formula is C8H14N2S2Sn. The van der Waals surface area contributed by atoms with Crippen LogP contribution in [0.25, 0.3) is 0 Å². The molecule has 0 radical (unpaired) electrons. The summed E-state index contributed by atoms with van der Waals surface area (Å²) < 4.78 is 10.7. The minimum absolute atomic E-state index is 1.07. The molecule has 0 spiro atoms. The van der Waals surface area contributed by atoms with Crippen molar-refractivity contribution < 1.29 is 0 Å². The number of hydrogen-bond donors (Lipinski definition) is 0. The van der Waals surface area contributed by atoms with Crippen molar-refractivity contribution in [2.75, 3.05) is 0 Å². The zero-order chi connectivity index (χ0) is 10.2. The summed E-state index contributed by atoms with van der Waals surface area (Å²) in [4.78, 5) is 0. The molecule has 0 saturated carbocycles. The van der Waals surface area contributed by atoms with Crippen LogP contribution in [0.4, 0.5) is 0 Å². The van der Waals surface area contributed by atoms with Gasteiger partial charge in [0.15, 0.2) is 0 Å². The van der Waals surface area contributed by atoms with E-state index in [9.17, 15) is 0 Å². The normalized spacial score (nSPS) is 10.0. The first-order valence-electron chi connectivity index (χ1n) is 4.42. The van der Waals surface area contributed by atoms with Crippen LogP contribution in [0.3, 0.4) is 0 Å². The molecule has 0 aromatic carbocycles. The Morgan fingerprint density at radius 2 is 1.38 bits per heavy atom. The SMILES string of the molecule is CC[CH2][Sn]([CH2]CC)([N]=C=S)[N]=C=S. The van der Waals surface area contributed by atoms with E-state index in [2.05, 4.69) is 55.0 Å². The Hall–Kier alpha value is 0.399. The molecule has 0 fully saturated rings. The van der Waals surface area contributed by atoms with E-state index in [0.29, 0.717) is 0 Å². The molecule has 0 unspecified atom stereocenters. The zero-order valence-electron chi connectivity index (χ0n) is 8.04. The Bertz CT molecular complexity index is 217. The van der Waals surface area contributed by atoms with Gasteiger partial charge in [-0.1, -0.05) is 0 Å². The van der Waals surface area contributed by atoms with E-state index >= 15 is 0 Å². The maximum absolute atomic E-state index is 4.66. The van der Waals surface area contributed by atoms with Crippen molar-refractivity contribution in [3.63, 3.8) is 0 Å². The molecule has 0 amide bonds. The van der Waals surface area contributed by atoms with Crippen molar-refractivity contribution in [1.29, 1.82) is 0 Å². The third kappa shape index (κ3) is 4.99. The van der Waals surface area contributed by atoms with Crippen molar-refractivity contribution >= 4 is 53.7 Å². The van der Waals surface area contributed by atoms with Crippen LogP contribution in [-0.4, -0.2) is 29.2 Å². The molecule has 0 N–H and O–H groups in total. The standard InChI is InChI=1S/2C3H7.2CNS.Sn/c2*1-3-2;2*2-1-3;/h2*1,3H2,2H3;;;/q;;2*-1;+2. The van der Waals surface area contributed by atoms with Crippen molar-refractivity contribution in [3.8, 4) is 0 Å². The van der Waals surface area contributed by atoms with Crippen LogP contribution in [0.15, 0.2) is 6.43 Å². The second-order valence-electron chi connectivity index (χ2n) is 2.89. The van der Waals surface area contributed by atoms with Crippen LogP contribution in [0.5, 0.6) is 0 Å². The van der Waals surface area contributed by atoms with E-state index in [0.717, 1.165) is 21.7 Å². The topological polar surface area (TPSA) is 24.7 Å². The molecule has 0 heterocycles. The number of thiocarbonyl (C=S) groups is 2. The van der Waals surface area contributed by atoms with Gasteiger partial charge >= 0.3 is 95.7 Å². The number of isothiocyanates is 2. The van der Waals surface area contributed by atoms with Gasteiger partial charge in [-0.2, -0.15) is 0 Å². The van der Waals surface area contributed by atoms with Crippen LogP contribution >= 0.6 is 24.4 Å². The molecule has 0 aliphatic rings. The van der Waals surface area contributed by atoms with E-state index < -0.39 is 18.9 Å². The Kier molecular flexibility index (Phi) is 8.01. The maximum atomic E-state index is 4.66. The van der Waals surface area contributed by atoms with E-state index in [1.165, 1.54) is 0 Å². The third-order valence-corrected chi connectivity index (χ3v) is 13.4. The van der Waals surface area contributed by atoms with Gasteiger partial charge in [-0.05, 0) is 0 Å². The number of rotatable bonds is 6. The van der Waals surface area contributed by atoms with Gasteiger partial charge in [0.05, 0.1) is 0 Å². The average molecular weight is 321 g/mol. The van der Waals surface area contributed by atoms with Gasteiger partial charge in [0, 0.05) is 0 Å². The summed E-state index contributed by atoms with van der Waals surface area (Å²) in [6.07, 6.45) is 2.19. The summed E-state index contributed by atoms with van der Waals surface area (Å²) in [7, 11) is 0. The molecule has 0 rings (SSSR count). The second-order valence-corrected chi connectivity index (χ2v) is 13.0. The first-order valence-corrected chi connectivity index (χ1v) is 11.8. The Balaban J connectivity index is 4.77. The number of hydrogen-bond acceptors (Lipinski definition) is 4. The van der Waals surface area contributed by atoms with Gasteiger partial charge in [-0.25, -0.2) is 0 Å². The van der Waals surface area contributed by atoms with Gasteiger partial charge in [0.25, 0.3) is 0 Å². The Labute approximate surface area is 95.1 Å². The Morgan fingerprint density at radius 3 is 1.62 bits per heavy atom. The molecule has 0 saturated heterocycles. The van der Waals surface area contributed by atoms with E-state index in [1.807, 2.05) is 0 Å². The summed E-state index contributed by atoms with van der Waals surface area (Å²) in [6.45, 7) is 4.28. The molecule has 0 aliphatic carbocycles. The molecule has 0 aromatic heterocycles. The van der Waals surface area contributed by atoms with Gasteiger partial charge in [0.1, 0.15) is 0 Å². The Morgan fingerprint density at radius 1 is 1.00 bits per heavy atom. The van der Waals surface area contributed by atoms with Gasteiger partial charge < -0.3 is 0 Å². The monoisotopic (exact) mass is 322 g/mol. The van der Waals surface area contributed by atoms with E-state index in [-0.39, 0.29) is 0 Å². The summed E-state index contributed by atoms with van der Waals surface area (Å²) in [5.41, 5.74) is 0. The van der Waals surface area contributed by atoms with Gasteiger partial charge in [0.2, 0.25) is 0 Å². The molecule has 0 aromatic rings. The third-order valence-electron chi connectivity index (χ3n) is 1.81. The molecular weight excluding hydrogens is 307 g/mol. The molecule has 5 heteroatoms. The summed E-state index contributed by atoms with van der Waals surface area (Å²) in [5.74, 6) is 0. The first kappa shape index (κ1) is 13.4. The fraction of sp³-hybridized carbons (Fsp3) is 0.750. The van der Waals surface area contributed by atoms with Gasteiger partial charge in [-0.15, -0.1) is 0 Å². The summed E-state index contributed by atoms with van der Waals surface area (Å²) in [5, 5.41) is 4.97. The van der Waals surface area contributed by atoms with Crippen LogP contribution in [-0.2, 0) is 0 Å². The predicted octanol–water partition coefficient (Wildman–Crippen LogP) is 3.45. The molecule has 72 valence electrons. The molecule has 2 nitrogen and oxygen atoms in total.